The van der Waals surface area contributed by atoms with Gasteiger partial charge in [-0.2, -0.15) is 0 Å². The van der Waals surface area contributed by atoms with Crippen LogP contribution in [0.1, 0.15) is 12.7 Å². The Morgan fingerprint density at radius 1 is 1.50 bits per heavy atom. The number of nitrogens with one attached hydrogen (secondary N) is 1. The Hall–Kier alpha value is -0.0700. The van der Waals surface area contributed by atoms with Crippen molar-refractivity contribution in [2.45, 2.75) is 13.5 Å². The fourth-order valence-electron chi connectivity index (χ4n) is 1.09. The molecule has 0 aromatic carbocycles. The highest BCUT2D eigenvalue weighted by atomic mass is 127. The van der Waals surface area contributed by atoms with Gasteiger partial charge in [-0.05, 0) is 48.3 Å². The summed E-state index contributed by atoms with van der Waals surface area (Å²) in [6.07, 6.45) is 0. The van der Waals surface area contributed by atoms with Crippen LogP contribution in [-0.4, -0.2) is 31.6 Å². The molecule has 0 spiro atoms. The van der Waals surface area contributed by atoms with Gasteiger partial charge in [-0.1, -0.05) is 6.92 Å². The van der Waals surface area contributed by atoms with E-state index in [1.807, 2.05) is 12.1 Å². The van der Waals surface area contributed by atoms with E-state index in [1.165, 1.54) is 0 Å². The van der Waals surface area contributed by atoms with Crippen molar-refractivity contribution in [1.29, 1.82) is 0 Å². The van der Waals surface area contributed by atoms with Crippen LogP contribution in [0.3, 0.4) is 0 Å². The summed E-state index contributed by atoms with van der Waals surface area (Å²) in [5.74, 6) is 1.01. The lowest BCUT2D eigenvalue weighted by molar-refractivity contribution is 0.344. The summed E-state index contributed by atoms with van der Waals surface area (Å²) in [5, 5.41) is 3.34. The lowest BCUT2D eigenvalue weighted by atomic mass is 10.4. The van der Waals surface area contributed by atoms with Crippen LogP contribution in [0, 0.1) is 3.77 Å². The molecule has 4 heteroatoms. The van der Waals surface area contributed by atoms with Crippen molar-refractivity contribution in [3.63, 3.8) is 0 Å². The van der Waals surface area contributed by atoms with Gasteiger partial charge in [0.15, 0.2) is 3.77 Å². The van der Waals surface area contributed by atoms with Crippen molar-refractivity contribution in [2.24, 2.45) is 0 Å². The van der Waals surface area contributed by atoms with Gasteiger partial charge in [0.2, 0.25) is 0 Å². The van der Waals surface area contributed by atoms with Crippen LogP contribution in [-0.2, 0) is 6.54 Å². The molecule has 1 aromatic heterocycles. The third-order valence-corrected chi connectivity index (χ3v) is 2.72. The second-order valence-electron chi connectivity index (χ2n) is 3.28. The summed E-state index contributed by atoms with van der Waals surface area (Å²) in [5.41, 5.74) is 0. The molecule has 0 fully saturated rings. The van der Waals surface area contributed by atoms with Crippen molar-refractivity contribution < 1.29 is 4.42 Å². The maximum atomic E-state index is 5.43. The van der Waals surface area contributed by atoms with Gasteiger partial charge in [0.25, 0.3) is 0 Å². The number of hydrogen-bond donors (Lipinski definition) is 1. The van der Waals surface area contributed by atoms with Crippen LogP contribution in [0.4, 0.5) is 0 Å². The average Bonchev–Trinajstić information content (AvgIpc) is 2.58. The monoisotopic (exact) mass is 308 g/mol. The normalized spacial score (nSPS) is 11.1. The van der Waals surface area contributed by atoms with Crippen LogP contribution >= 0.6 is 22.6 Å². The standard InChI is InChI=1S/C10H17IN2O/c1-3-13(2)7-6-12-8-9-4-5-10(11)14-9/h4-5,12H,3,6-8H2,1-2H3. The van der Waals surface area contributed by atoms with E-state index in [4.69, 9.17) is 4.42 Å². The van der Waals surface area contributed by atoms with Gasteiger partial charge in [-0.3, -0.25) is 0 Å². The van der Waals surface area contributed by atoms with Gasteiger partial charge in [-0.15, -0.1) is 0 Å². The quantitative estimate of drug-likeness (QED) is 0.643. The molecule has 0 radical (unpaired) electrons. The SMILES string of the molecule is CCN(C)CCNCc1ccc(I)o1. The molecular weight excluding hydrogens is 291 g/mol. The largest absolute Gasteiger partial charge is 0.454 e. The molecule has 0 bridgehead atoms. The topological polar surface area (TPSA) is 28.4 Å². The van der Waals surface area contributed by atoms with Crippen LogP contribution < -0.4 is 5.32 Å². The van der Waals surface area contributed by atoms with E-state index >= 15 is 0 Å². The van der Waals surface area contributed by atoms with Gasteiger partial charge in [0.05, 0.1) is 6.54 Å². The van der Waals surface area contributed by atoms with E-state index in [0.29, 0.717) is 0 Å². The fourth-order valence-corrected chi connectivity index (χ4v) is 1.55. The van der Waals surface area contributed by atoms with Gasteiger partial charge in [0, 0.05) is 13.1 Å². The van der Waals surface area contributed by atoms with E-state index in [2.05, 4.69) is 46.8 Å². The Kier molecular flexibility index (Phi) is 5.50. The molecule has 0 saturated heterocycles. The van der Waals surface area contributed by atoms with Gasteiger partial charge in [0.1, 0.15) is 5.76 Å². The first-order valence-corrected chi connectivity index (χ1v) is 5.93. The lowest BCUT2D eigenvalue weighted by Crippen LogP contribution is -2.28. The average molecular weight is 308 g/mol. The molecule has 0 amide bonds. The summed E-state index contributed by atoms with van der Waals surface area (Å²) in [7, 11) is 2.12. The Morgan fingerprint density at radius 3 is 2.86 bits per heavy atom. The molecule has 1 N–H and O–H groups in total. The van der Waals surface area contributed by atoms with Crippen LogP contribution in [0.25, 0.3) is 0 Å². The molecule has 0 atom stereocenters. The van der Waals surface area contributed by atoms with Gasteiger partial charge < -0.3 is 14.6 Å². The maximum absolute atomic E-state index is 5.43. The first kappa shape index (κ1) is 12.0. The van der Waals surface area contributed by atoms with Crippen molar-refractivity contribution in [3.8, 4) is 0 Å². The zero-order valence-electron chi connectivity index (χ0n) is 8.72. The second-order valence-corrected chi connectivity index (χ2v) is 4.34. The minimum absolute atomic E-state index is 0.820. The Labute approximate surface area is 99.0 Å². The summed E-state index contributed by atoms with van der Waals surface area (Å²) in [6.45, 7) is 6.16. The first-order valence-electron chi connectivity index (χ1n) is 4.86. The first-order chi connectivity index (χ1) is 6.72. The van der Waals surface area contributed by atoms with E-state index in [1.54, 1.807) is 0 Å². The predicted molar refractivity (Wildman–Crippen MR) is 66.3 cm³/mol. The third kappa shape index (κ3) is 4.43. The zero-order valence-corrected chi connectivity index (χ0v) is 10.9. The third-order valence-electron chi connectivity index (χ3n) is 2.14. The Bertz CT molecular complexity index is 262. The molecule has 1 heterocycles. The van der Waals surface area contributed by atoms with Crippen molar-refractivity contribution in [1.82, 2.24) is 10.2 Å². The summed E-state index contributed by atoms with van der Waals surface area (Å²) < 4.78 is 6.38. The molecule has 0 aliphatic rings. The Morgan fingerprint density at radius 2 is 2.29 bits per heavy atom. The summed E-state index contributed by atoms with van der Waals surface area (Å²) >= 11 is 2.18. The summed E-state index contributed by atoms with van der Waals surface area (Å²) in [4.78, 5) is 2.28. The minimum atomic E-state index is 0.820. The molecule has 80 valence electrons. The minimum Gasteiger partial charge on any atom is -0.454 e. The summed E-state index contributed by atoms with van der Waals surface area (Å²) in [6, 6.07) is 3.99. The molecule has 0 aliphatic heterocycles. The molecule has 0 saturated carbocycles. The number of halogens is 1. The van der Waals surface area contributed by atoms with Gasteiger partial charge in [-0.25, -0.2) is 0 Å². The van der Waals surface area contributed by atoms with Crippen molar-refractivity contribution in [3.05, 3.63) is 21.7 Å². The maximum Gasteiger partial charge on any atom is 0.164 e. The highest BCUT2D eigenvalue weighted by Crippen LogP contribution is 2.09. The highest BCUT2D eigenvalue weighted by molar-refractivity contribution is 14.1. The number of furan rings is 1. The second kappa shape index (κ2) is 6.42. The molecule has 0 unspecified atom stereocenters. The van der Waals surface area contributed by atoms with E-state index in [0.717, 1.165) is 35.7 Å². The van der Waals surface area contributed by atoms with E-state index in [-0.39, 0.29) is 0 Å². The molecule has 0 aliphatic carbocycles. The lowest BCUT2D eigenvalue weighted by Gasteiger charge is -2.13. The molecule has 14 heavy (non-hydrogen) atoms. The smallest absolute Gasteiger partial charge is 0.164 e. The van der Waals surface area contributed by atoms with E-state index < -0.39 is 0 Å². The van der Waals surface area contributed by atoms with E-state index in [9.17, 15) is 0 Å². The number of likely N-dealkylation sites (N-methyl/N-ethyl adjacent to an activating group) is 1. The number of nitrogens with zero attached hydrogens (tertiary/aromatic N) is 1. The zero-order chi connectivity index (χ0) is 10.4. The predicted octanol–water partition coefficient (Wildman–Crippen LogP) is 1.93. The van der Waals surface area contributed by atoms with Crippen LogP contribution in [0.2, 0.25) is 0 Å². The van der Waals surface area contributed by atoms with Crippen LogP contribution in [0.15, 0.2) is 16.5 Å². The highest BCUT2D eigenvalue weighted by Gasteiger charge is 1.98. The Balaban J connectivity index is 2.10. The van der Waals surface area contributed by atoms with Crippen molar-refractivity contribution in [2.75, 3.05) is 26.7 Å². The molecule has 1 aromatic rings. The van der Waals surface area contributed by atoms with Gasteiger partial charge >= 0.3 is 0 Å². The molecule has 3 nitrogen and oxygen atoms in total. The molecule has 1 rings (SSSR count). The number of hydrogen-bond acceptors (Lipinski definition) is 3. The van der Waals surface area contributed by atoms with Crippen molar-refractivity contribution >= 4 is 22.6 Å². The molecular formula is C10H17IN2O. The fraction of sp³-hybridized carbons (Fsp3) is 0.600. The van der Waals surface area contributed by atoms with Crippen LogP contribution in [0.5, 0.6) is 0 Å². The number of rotatable bonds is 6.